The second-order valence-corrected chi connectivity index (χ2v) is 10.4. The van der Waals surface area contributed by atoms with Crippen LogP contribution in [0.15, 0.2) is 48.5 Å². The Bertz CT molecular complexity index is 1150. The van der Waals surface area contributed by atoms with E-state index in [0.717, 1.165) is 11.1 Å². The van der Waals surface area contributed by atoms with Crippen molar-refractivity contribution in [3.63, 3.8) is 0 Å². The van der Waals surface area contributed by atoms with Gasteiger partial charge in [0.25, 0.3) is 0 Å². The first-order chi connectivity index (χ1) is 17.7. The van der Waals surface area contributed by atoms with Gasteiger partial charge in [-0.25, -0.2) is 14.8 Å². The van der Waals surface area contributed by atoms with Gasteiger partial charge in [0.05, 0.1) is 13.1 Å². The molecule has 4 amide bonds. The van der Waals surface area contributed by atoms with Crippen LogP contribution >= 0.6 is 23.2 Å². The maximum Gasteiger partial charge on any atom is 0.334 e. The molecule has 37 heavy (non-hydrogen) atoms. The third kappa shape index (κ3) is 5.71. The molecule has 10 heteroatoms. The third-order valence-electron chi connectivity index (χ3n) is 7.18. The number of nitrogens with zero attached hydrogens (tertiary/aromatic N) is 4. The summed E-state index contributed by atoms with van der Waals surface area (Å²) in [6, 6.07) is 13.9. The van der Waals surface area contributed by atoms with E-state index in [1.807, 2.05) is 51.1 Å². The van der Waals surface area contributed by atoms with E-state index in [-0.39, 0.29) is 43.4 Å². The predicted molar refractivity (Wildman–Crippen MR) is 144 cm³/mol. The van der Waals surface area contributed by atoms with Crippen molar-refractivity contribution in [2.75, 3.05) is 19.6 Å². The predicted octanol–water partition coefficient (Wildman–Crippen LogP) is 4.37. The fourth-order valence-electron chi connectivity index (χ4n) is 5.01. The molecule has 0 bridgehead atoms. The van der Waals surface area contributed by atoms with Crippen molar-refractivity contribution in [2.45, 2.75) is 52.5 Å². The van der Waals surface area contributed by atoms with Crippen LogP contribution in [0.3, 0.4) is 0 Å². The van der Waals surface area contributed by atoms with E-state index < -0.39 is 12.2 Å². The number of urea groups is 1. The minimum Gasteiger partial charge on any atom is -0.333 e. The Morgan fingerprint density at radius 2 is 1.84 bits per heavy atom. The number of amides is 4. The lowest BCUT2D eigenvalue weighted by atomic mass is 9.92. The summed E-state index contributed by atoms with van der Waals surface area (Å²) in [5.74, 6) is -0.383. The molecule has 2 aliphatic rings. The summed E-state index contributed by atoms with van der Waals surface area (Å²) in [6.07, 6.45) is 0.0694. The van der Waals surface area contributed by atoms with E-state index >= 15 is 0 Å². The largest absolute Gasteiger partial charge is 0.334 e. The summed E-state index contributed by atoms with van der Waals surface area (Å²) in [6.45, 7) is 7.17. The number of hydrazine groups is 1. The maximum atomic E-state index is 13.8. The van der Waals surface area contributed by atoms with Crippen molar-refractivity contribution in [1.82, 2.24) is 25.1 Å². The highest BCUT2D eigenvalue weighted by atomic mass is 35.5. The molecular formula is C27H33Cl2N5O3. The van der Waals surface area contributed by atoms with Crippen molar-refractivity contribution in [2.24, 2.45) is 5.92 Å². The highest BCUT2D eigenvalue weighted by Gasteiger charge is 2.52. The van der Waals surface area contributed by atoms with Gasteiger partial charge in [0.2, 0.25) is 11.8 Å². The SMILES string of the molecule is CCC(C)[C@H]1C(=O)N(Cc2ccc(Cl)cc2Cl)C[C@H]2N1C(=O)CN(CC)N2C(=O)NCc1ccccc1. The lowest BCUT2D eigenvalue weighted by Crippen LogP contribution is -2.77. The molecule has 2 saturated heterocycles. The smallest absolute Gasteiger partial charge is 0.333 e. The average Bonchev–Trinajstić information content (AvgIpc) is 2.89. The van der Waals surface area contributed by atoms with Crippen LogP contribution in [0.1, 0.15) is 38.3 Å². The van der Waals surface area contributed by atoms with Gasteiger partial charge in [-0.3, -0.25) is 9.59 Å². The topological polar surface area (TPSA) is 76.2 Å². The number of hydrogen-bond donors (Lipinski definition) is 1. The quantitative estimate of drug-likeness (QED) is 0.560. The second kappa shape index (κ2) is 11.7. The number of carbonyl (C=O) groups excluding carboxylic acids is 3. The van der Waals surface area contributed by atoms with Crippen LogP contribution in [0.4, 0.5) is 4.79 Å². The molecule has 8 nitrogen and oxygen atoms in total. The zero-order valence-electron chi connectivity index (χ0n) is 21.4. The zero-order valence-corrected chi connectivity index (χ0v) is 22.9. The van der Waals surface area contributed by atoms with Crippen LogP contribution in [0.25, 0.3) is 0 Å². The van der Waals surface area contributed by atoms with Gasteiger partial charge in [0.15, 0.2) is 0 Å². The van der Waals surface area contributed by atoms with Crippen molar-refractivity contribution >= 4 is 41.0 Å². The molecule has 0 radical (unpaired) electrons. The lowest BCUT2D eigenvalue weighted by Gasteiger charge is -2.56. The fraction of sp³-hybridized carbons (Fsp3) is 0.444. The summed E-state index contributed by atoms with van der Waals surface area (Å²) in [7, 11) is 0. The van der Waals surface area contributed by atoms with Crippen LogP contribution in [0.2, 0.25) is 10.0 Å². The lowest BCUT2D eigenvalue weighted by molar-refractivity contribution is -0.193. The third-order valence-corrected chi connectivity index (χ3v) is 7.77. The van der Waals surface area contributed by atoms with Crippen LogP contribution < -0.4 is 5.32 Å². The average molecular weight is 546 g/mol. The normalized spacial score (nSPS) is 21.2. The van der Waals surface area contributed by atoms with E-state index in [0.29, 0.717) is 29.6 Å². The summed E-state index contributed by atoms with van der Waals surface area (Å²) >= 11 is 12.5. The Morgan fingerprint density at radius 3 is 2.49 bits per heavy atom. The molecule has 0 saturated carbocycles. The highest BCUT2D eigenvalue weighted by molar-refractivity contribution is 6.35. The first-order valence-electron chi connectivity index (χ1n) is 12.6. The van der Waals surface area contributed by atoms with Crippen LogP contribution in [-0.4, -0.2) is 69.5 Å². The van der Waals surface area contributed by atoms with Gasteiger partial charge in [0, 0.05) is 29.7 Å². The molecule has 0 aliphatic carbocycles. The Balaban J connectivity index is 1.66. The molecule has 0 spiro atoms. The number of hydrogen-bond acceptors (Lipinski definition) is 4. The Hall–Kier alpha value is -2.81. The van der Waals surface area contributed by atoms with Crippen molar-refractivity contribution in [1.29, 1.82) is 0 Å². The van der Waals surface area contributed by atoms with Crippen LogP contribution in [-0.2, 0) is 22.7 Å². The summed E-state index contributed by atoms with van der Waals surface area (Å²) in [5, 5.41) is 7.34. The molecule has 1 N–H and O–H groups in total. The minimum absolute atomic E-state index is 0.0367. The number of likely N-dealkylation sites (N-methyl/N-ethyl adjacent to an activating group) is 1. The van der Waals surface area contributed by atoms with Gasteiger partial charge in [-0.1, -0.05) is 86.8 Å². The number of nitrogens with one attached hydrogen (secondary N) is 1. The van der Waals surface area contributed by atoms with Gasteiger partial charge < -0.3 is 15.1 Å². The van der Waals surface area contributed by atoms with Crippen molar-refractivity contribution in [3.8, 4) is 0 Å². The molecule has 0 aromatic heterocycles. The summed E-state index contributed by atoms with van der Waals surface area (Å²) in [5.41, 5.74) is 1.73. The fourth-order valence-corrected chi connectivity index (χ4v) is 5.48. The first-order valence-corrected chi connectivity index (χ1v) is 13.4. The minimum atomic E-state index is -0.675. The maximum absolute atomic E-state index is 13.8. The number of benzene rings is 2. The number of fused-ring (bicyclic) bond motifs is 1. The van der Waals surface area contributed by atoms with Crippen molar-refractivity contribution in [3.05, 3.63) is 69.7 Å². The molecule has 2 aliphatic heterocycles. The van der Waals surface area contributed by atoms with E-state index in [1.54, 1.807) is 38.0 Å². The second-order valence-electron chi connectivity index (χ2n) is 9.54. The summed E-state index contributed by atoms with van der Waals surface area (Å²) in [4.78, 5) is 44.1. The van der Waals surface area contributed by atoms with E-state index in [9.17, 15) is 14.4 Å². The van der Waals surface area contributed by atoms with E-state index in [4.69, 9.17) is 23.2 Å². The number of carbonyl (C=O) groups is 3. The molecule has 2 fully saturated rings. The Morgan fingerprint density at radius 1 is 1.11 bits per heavy atom. The van der Waals surface area contributed by atoms with E-state index in [1.165, 1.54) is 0 Å². The monoisotopic (exact) mass is 545 g/mol. The van der Waals surface area contributed by atoms with Crippen LogP contribution in [0, 0.1) is 5.92 Å². The van der Waals surface area contributed by atoms with Gasteiger partial charge >= 0.3 is 6.03 Å². The van der Waals surface area contributed by atoms with Gasteiger partial charge in [-0.05, 0) is 29.2 Å². The highest BCUT2D eigenvalue weighted by Crippen LogP contribution is 2.32. The van der Waals surface area contributed by atoms with Gasteiger partial charge in [-0.2, -0.15) is 0 Å². The molecule has 4 rings (SSSR count). The van der Waals surface area contributed by atoms with Gasteiger partial charge in [0.1, 0.15) is 12.2 Å². The molecule has 2 aromatic rings. The first kappa shape index (κ1) is 27.2. The number of rotatable bonds is 7. The molecule has 2 heterocycles. The molecule has 2 aromatic carbocycles. The molecule has 198 valence electrons. The Kier molecular flexibility index (Phi) is 8.62. The number of halogens is 2. The molecule has 1 unspecified atom stereocenters. The molecule has 3 atom stereocenters. The number of piperazine rings is 1. The molecular weight excluding hydrogens is 513 g/mol. The summed E-state index contributed by atoms with van der Waals surface area (Å²) < 4.78 is 0. The Labute approximate surface area is 228 Å². The van der Waals surface area contributed by atoms with Gasteiger partial charge in [-0.15, -0.1) is 0 Å². The van der Waals surface area contributed by atoms with Crippen molar-refractivity contribution < 1.29 is 14.4 Å². The standard InChI is InChI=1S/C27H33Cl2N5O3/c1-4-18(3)25-26(36)31(15-20-11-12-21(28)13-22(20)29)16-23-33(25)24(35)17-32(5-2)34(23)27(37)30-14-19-9-7-6-8-10-19/h6-13,18,23,25H,4-5,14-17H2,1-3H3,(H,30,37)/t18?,23-,25-/m0/s1. The van der Waals surface area contributed by atoms with E-state index in [2.05, 4.69) is 5.32 Å². The zero-order chi connectivity index (χ0) is 26.7. The van der Waals surface area contributed by atoms with Crippen LogP contribution in [0.5, 0.6) is 0 Å².